The van der Waals surface area contributed by atoms with E-state index in [1.54, 1.807) is 72.8 Å². The highest BCUT2D eigenvalue weighted by Crippen LogP contribution is 2.30. The first-order valence-corrected chi connectivity index (χ1v) is 15.4. The molecule has 0 aliphatic rings. The fraction of sp³-hybridized carbons (Fsp3) is 0.0250. The van der Waals surface area contributed by atoms with E-state index in [0.29, 0.717) is 28.6 Å². The second kappa shape index (κ2) is 16.6. The lowest BCUT2D eigenvalue weighted by Gasteiger charge is -2.12. The number of rotatable bonds is 9. The van der Waals surface area contributed by atoms with Gasteiger partial charge >= 0.3 is 5.97 Å². The number of aryl methyl sites for hydroxylation is 1. The first-order chi connectivity index (χ1) is 24.9. The van der Waals surface area contributed by atoms with Crippen molar-refractivity contribution in [1.82, 2.24) is 0 Å². The molecule has 262 valence electrons. The maximum absolute atomic E-state index is 13.3. The van der Waals surface area contributed by atoms with Crippen molar-refractivity contribution in [1.29, 1.82) is 0 Å². The first kappa shape index (κ1) is 36.3. The molecule has 6 aromatic carbocycles. The van der Waals surface area contributed by atoms with Crippen molar-refractivity contribution in [2.24, 2.45) is 0 Å². The van der Waals surface area contributed by atoms with E-state index < -0.39 is 35.1 Å². The molecule has 0 aromatic heterocycles. The minimum absolute atomic E-state index is 0.00859. The van der Waals surface area contributed by atoms with Gasteiger partial charge in [0.15, 0.2) is 0 Å². The van der Waals surface area contributed by atoms with Crippen molar-refractivity contribution in [3.8, 4) is 23.0 Å². The van der Waals surface area contributed by atoms with Gasteiger partial charge in [0.2, 0.25) is 0 Å². The second-order valence-corrected chi connectivity index (χ2v) is 11.0. The van der Waals surface area contributed by atoms with Gasteiger partial charge < -0.3 is 25.2 Å². The summed E-state index contributed by atoms with van der Waals surface area (Å²) in [6.45, 7) is 1.84. The molecule has 12 heteroatoms. The average molecular weight is 709 g/mol. The van der Waals surface area contributed by atoms with Gasteiger partial charge in [0.1, 0.15) is 46.3 Å². The summed E-state index contributed by atoms with van der Waals surface area (Å²) in [5, 5.41) is 14.6. The maximum atomic E-state index is 13.3. The summed E-state index contributed by atoms with van der Waals surface area (Å²) in [6, 6.07) is 31.5. The summed E-state index contributed by atoms with van der Waals surface area (Å²) in [6.07, 6.45) is 0. The van der Waals surface area contributed by atoms with Crippen molar-refractivity contribution in [3.05, 3.63) is 179 Å². The molecule has 0 spiro atoms. The van der Waals surface area contributed by atoms with Gasteiger partial charge in [-0.25, -0.2) is 22.4 Å². The molecule has 0 fully saturated rings. The lowest BCUT2D eigenvalue weighted by atomic mass is 10.1. The highest BCUT2D eigenvalue weighted by atomic mass is 19.1. The summed E-state index contributed by atoms with van der Waals surface area (Å²) >= 11 is 0. The van der Waals surface area contributed by atoms with Crippen LogP contribution >= 0.6 is 0 Å². The molecule has 0 aliphatic carbocycles. The maximum Gasteiger partial charge on any atom is 0.337 e. The zero-order valence-electron chi connectivity index (χ0n) is 27.2. The number of anilines is 2. The lowest BCUT2D eigenvalue weighted by Crippen LogP contribution is -2.14. The van der Waals surface area contributed by atoms with E-state index in [0.717, 1.165) is 35.9 Å². The number of ether oxygens (including phenoxy) is 2. The van der Waals surface area contributed by atoms with E-state index in [1.165, 1.54) is 18.2 Å². The summed E-state index contributed by atoms with van der Waals surface area (Å²) in [5.41, 5.74) is 2.10. The molecule has 6 rings (SSSR count). The van der Waals surface area contributed by atoms with Gasteiger partial charge in [-0.1, -0.05) is 42.5 Å². The van der Waals surface area contributed by atoms with E-state index in [4.69, 9.17) is 9.47 Å². The molecule has 2 amide bonds. The Morgan fingerprint density at radius 3 is 1.35 bits per heavy atom. The largest absolute Gasteiger partial charge is 0.478 e. The van der Waals surface area contributed by atoms with E-state index in [-0.39, 0.29) is 34.4 Å². The number of halogens is 4. The monoisotopic (exact) mass is 708 g/mol. The van der Waals surface area contributed by atoms with Crippen molar-refractivity contribution in [3.63, 3.8) is 0 Å². The Kier molecular flexibility index (Phi) is 11.6. The number of amides is 2. The van der Waals surface area contributed by atoms with E-state index >= 15 is 0 Å². The molecule has 0 unspecified atom stereocenters. The number of carboxylic acids is 1. The normalized spacial score (nSPS) is 10.3. The van der Waals surface area contributed by atoms with Crippen LogP contribution in [0.5, 0.6) is 23.0 Å². The smallest absolute Gasteiger partial charge is 0.337 e. The Balaban J connectivity index is 0.000000202. The first-order valence-electron chi connectivity index (χ1n) is 15.4. The third-order valence-electron chi connectivity index (χ3n) is 7.14. The molecule has 0 aliphatic heterocycles. The quantitative estimate of drug-likeness (QED) is 0.129. The molecular weight excluding hydrogens is 680 g/mol. The topological polar surface area (TPSA) is 114 Å². The van der Waals surface area contributed by atoms with Crippen molar-refractivity contribution in [2.45, 2.75) is 6.92 Å². The number of carboxylic acid groups (broad SMARTS) is 1. The molecule has 8 nitrogen and oxygen atoms in total. The number of aromatic carboxylic acids is 1. The number of nitrogens with one attached hydrogen (secondary N) is 2. The summed E-state index contributed by atoms with van der Waals surface area (Å²) < 4.78 is 64.0. The van der Waals surface area contributed by atoms with Crippen LogP contribution in [0.4, 0.5) is 28.9 Å². The van der Waals surface area contributed by atoms with Crippen LogP contribution in [0, 0.1) is 30.2 Å². The Morgan fingerprint density at radius 2 is 0.904 bits per heavy atom. The molecule has 0 radical (unpaired) electrons. The molecule has 0 saturated heterocycles. The zero-order chi connectivity index (χ0) is 37.2. The summed E-state index contributed by atoms with van der Waals surface area (Å²) in [4.78, 5) is 36.0. The number of benzene rings is 6. The Morgan fingerprint density at radius 1 is 0.500 bits per heavy atom. The fourth-order valence-corrected chi connectivity index (χ4v) is 4.69. The van der Waals surface area contributed by atoms with Crippen molar-refractivity contribution in [2.75, 3.05) is 10.6 Å². The molecule has 3 N–H and O–H groups in total. The van der Waals surface area contributed by atoms with Crippen molar-refractivity contribution >= 4 is 29.2 Å². The van der Waals surface area contributed by atoms with Gasteiger partial charge in [-0.05, 0) is 55.0 Å². The molecule has 6 aromatic rings. The Labute approximate surface area is 294 Å². The van der Waals surface area contributed by atoms with Crippen LogP contribution in [0.15, 0.2) is 133 Å². The third kappa shape index (κ3) is 10.0. The van der Waals surface area contributed by atoms with Gasteiger partial charge in [0.05, 0.1) is 11.3 Å². The molecule has 0 bridgehead atoms. The molecule has 0 atom stereocenters. The van der Waals surface area contributed by atoms with Crippen molar-refractivity contribution < 1.29 is 46.5 Å². The van der Waals surface area contributed by atoms with E-state index in [2.05, 4.69) is 10.6 Å². The lowest BCUT2D eigenvalue weighted by molar-refractivity contribution is 0.0697. The second-order valence-electron chi connectivity index (χ2n) is 11.0. The number of hydrogen-bond donors (Lipinski definition) is 3. The van der Waals surface area contributed by atoms with Gasteiger partial charge in [0.25, 0.3) is 11.8 Å². The molecular formula is C40H28F4N2O6. The van der Waals surface area contributed by atoms with Gasteiger partial charge in [-0.15, -0.1) is 0 Å². The predicted molar refractivity (Wildman–Crippen MR) is 186 cm³/mol. The van der Waals surface area contributed by atoms with Crippen LogP contribution in [-0.4, -0.2) is 22.9 Å². The molecule has 0 heterocycles. The average Bonchev–Trinajstić information content (AvgIpc) is 3.10. The van der Waals surface area contributed by atoms with Crippen LogP contribution in [0.25, 0.3) is 0 Å². The van der Waals surface area contributed by atoms with Gasteiger partial charge in [0, 0.05) is 65.3 Å². The Hall–Kier alpha value is -6.95. The standard InChI is InChI=1S/C20H13F2NO4.C20H15F2NO2/c21-13-8-14(22)10-16(9-13)27-15-6-7-17(20(25)26)18(11-15)23-19(24)12-4-2-1-3-5-12;1-13-7-8-17(25-18-10-15(21)9-16(22)11-18)12-19(13)23-20(24)14-5-3-2-4-6-14/h1-11H,(H,23,24)(H,25,26);2-12H,1H3,(H,23,24). The van der Waals surface area contributed by atoms with Crippen LogP contribution < -0.4 is 20.1 Å². The fourth-order valence-electron chi connectivity index (χ4n) is 4.69. The van der Waals surface area contributed by atoms with Crippen LogP contribution in [0.1, 0.15) is 36.6 Å². The zero-order valence-corrected chi connectivity index (χ0v) is 27.2. The number of carbonyl (C=O) groups excluding carboxylic acids is 2. The highest BCUT2D eigenvalue weighted by molar-refractivity contribution is 6.08. The molecule has 0 saturated carbocycles. The third-order valence-corrected chi connectivity index (χ3v) is 7.14. The highest BCUT2D eigenvalue weighted by Gasteiger charge is 2.16. The summed E-state index contributed by atoms with van der Waals surface area (Å²) in [7, 11) is 0. The summed E-state index contributed by atoms with van der Waals surface area (Å²) in [5.74, 6) is -4.68. The van der Waals surface area contributed by atoms with E-state index in [9.17, 15) is 37.1 Å². The van der Waals surface area contributed by atoms with Crippen LogP contribution in [0.2, 0.25) is 0 Å². The van der Waals surface area contributed by atoms with Crippen LogP contribution in [-0.2, 0) is 0 Å². The minimum Gasteiger partial charge on any atom is -0.478 e. The number of carbonyl (C=O) groups is 3. The number of hydrogen-bond acceptors (Lipinski definition) is 5. The van der Waals surface area contributed by atoms with Gasteiger partial charge in [-0.2, -0.15) is 0 Å². The minimum atomic E-state index is -1.25. The van der Waals surface area contributed by atoms with Gasteiger partial charge in [-0.3, -0.25) is 9.59 Å². The van der Waals surface area contributed by atoms with E-state index in [1.807, 2.05) is 13.0 Å². The predicted octanol–water partition coefficient (Wildman–Crippen LogP) is 10.0. The van der Waals surface area contributed by atoms with Crippen LogP contribution in [0.3, 0.4) is 0 Å². The Bertz CT molecular complexity index is 2190. The SMILES string of the molecule is Cc1ccc(Oc2cc(F)cc(F)c2)cc1NC(=O)c1ccccc1.O=C(Nc1cc(Oc2cc(F)cc(F)c2)ccc1C(=O)O)c1ccccc1. The molecule has 52 heavy (non-hydrogen) atoms.